The predicted molar refractivity (Wildman–Crippen MR) is 87.6 cm³/mol. The van der Waals surface area contributed by atoms with Crippen molar-refractivity contribution in [3.05, 3.63) is 35.9 Å². The van der Waals surface area contributed by atoms with Crippen LogP contribution in [-0.2, 0) is 4.79 Å². The van der Waals surface area contributed by atoms with Gasteiger partial charge in [-0.05, 0) is 12.8 Å². The summed E-state index contributed by atoms with van der Waals surface area (Å²) in [5.74, 6) is 0.334. The molecule has 0 spiro atoms. The number of rotatable bonds is 10. The van der Waals surface area contributed by atoms with Crippen LogP contribution in [0.15, 0.2) is 30.3 Å². The highest BCUT2D eigenvalue weighted by atomic mass is 16.1. The Labute approximate surface area is 128 Å². The largest absolute Gasteiger partial charge is 0.299 e. The number of carbonyl (C=O) groups is 2. The van der Waals surface area contributed by atoms with Crippen molar-refractivity contribution in [3.63, 3.8) is 0 Å². The Kier molecular flexibility index (Phi) is 7.35. The van der Waals surface area contributed by atoms with Gasteiger partial charge in [0.25, 0.3) is 0 Å². The van der Waals surface area contributed by atoms with E-state index in [4.69, 9.17) is 0 Å². The first kappa shape index (κ1) is 17.6. The van der Waals surface area contributed by atoms with Crippen molar-refractivity contribution in [1.82, 2.24) is 0 Å². The minimum atomic E-state index is -0.502. The van der Waals surface area contributed by atoms with Gasteiger partial charge >= 0.3 is 0 Å². The Bertz CT molecular complexity index is 450. The summed E-state index contributed by atoms with van der Waals surface area (Å²) in [4.78, 5) is 25.0. The van der Waals surface area contributed by atoms with Crippen LogP contribution in [-0.4, -0.2) is 11.6 Å². The topological polar surface area (TPSA) is 34.1 Å². The van der Waals surface area contributed by atoms with Gasteiger partial charge in [0.1, 0.15) is 5.78 Å². The van der Waals surface area contributed by atoms with E-state index in [0.29, 0.717) is 18.4 Å². The lowest BCUT2D eigenvalue weighted by Gasteiger charge is -2.27. The Hall–Kier alpha value is -1.44. The average molecular weight is 288 g/mol. The molecule has 2 nitrogen and oxygen atoms in total. The zero-order valence-electron chi connectivity index (χ0n) is 13.7. The van der Waals surface area contributed by atoms with Gasteiger partial charge in [-0.25, -0.2) is 0 Å². The van der Waals surface area contributed by atoms with E-state index in [1.54, 1.807) is 0 Å². The summed E-state index contributed by atoms with van der Waals surface area (Å²) >= 11 is 0. The molecule has 0 saturated carbocycles. The maximum Gasteiger partial charge on any atom is 0.163 e. The number of benzene rings is 1. The van der Waals surface area contributed by atoms with Gasteiger partial charge in [0.2, 0.25) is 0 Å². The summed E-state index contributed by atoms with van der Waals surface area (Å²) in [7, 11) is 0. The van der Waals surface area contributed by atoms with Gasteiger partial charge in [-0.1, -0.05) is 70.4 Å². The lowest BCUT2D eigenvalue weighted by atomic mass is 9.74. The van der Waals surface area contributed by atoms with Gasteiger partial charge < -0.3 is 0 Å². The molecular formula is C19H28O2. The number of hydrogen-bond acceptors (Lipinski definition) is 2. The minimum Gasteiger partial charge on any atom is -0.299 e. The molecule has 0 radical (unpaired) electrons. The van der Waals surface area contributed by atoms with Crippen LogP contribution in [0.4, 0.5) is 0 Å². The van der Waals surface area contributed by atoms with Gasteiger partial charge in [-0.3, -0.25) is 9.59 Å². The molecule has 0 unspecified atom stereocenters. The summed E-state index contributed by atoms with van der Waals surface area (Å²) in [5, 5.41) is 0. The molecule has 0 aromatic heterocycles. The van der Waals surface area contributed by atoms with Gasteiger partial charge in [-0.2, -0.15) is 0 Å². The van der Waals surface area contributed by atoms with Gasteiger partial charge in [0.05, 0.1) is 0 Å². The molecule has 0 fully saturated rings. The van der Waals surface area contributed by atoms with Crippen molar-refractivity contribution in [1.29, 1.82) is 0 Å². The molecular weight excluding hydrogens is 260 g/mol. The second-order valence-electron chi connectivity index (χ2n) is 6.16. The molecule has 0 aliphatic carbocycles. The van der Waals surface area contributed by atoms with E-state index in [1.807, 2.05) is 37.3 Å². The number of hydrogen-bond donors (Lipinski definition) is 0. The Morgan fingerprint density at radius 2 is 1.62 bits per heavy atom. The molecule has 0 bridgehead atoms. The van der Waals surface area contributed by atoms with Crippen LogP contribution in [0, 0.1) is 5.41 Å². The predicted octanol–water partition coefficient (Wildman–Crippen LogP) is 5.22. The second-order valence-corrected chi connectivity index (χ2v) is 6.16. The molecule has 116 valence electrons. The monoisotopic (exact) mass is 288 g/mol. The number of ketones is 2. The van der Waals surface area contributed by atoms with Gasteiger partial charge in [-0.15, -0.1) is 0 Å². The molecule has 0 heterocycles. The maximum absolute atomic E-state index is 12.5. The lowest BCUT2D eigenvalue weighted by Crippen LogP contribution is -2.30. The highest BCUT2D eigenvalue weighted by Gasteiger charge is 2.34. The van der Waals surface area contributed by atoms with E-state index in [0.717, 1.165) is 32.1 Å². The van der Waals surface area contributed by atoms with Crippen LogP contribution in [0.1, 0.15) is 76.1 Å². The van der Waals surface area contributed by atoms with Crippen LogP contribution in [0.2, 0.25) is 0 Å². The first-order valence-electron chi connectivity index (χ1n) is 8.15. The fourth-order valence-electron chi connectivity index (χ4n) is 2.61. The van der Waals surface area contributed by atoms with E-state index >= 15 is 0 Å². The average Bonchev–Trinajstić information content (AvgIpc) is 2.51. The molecule has 2 heteroatoms. The summed E-state index contributed by atoms with van der Waals surface area (Å²) in [6.07, 6.45) is 5.72. The molecule has 0 saturated heterocycles. The van der Waals surface area contributed by atoms with Crippen molar-refractivity contribution >= 4 is 11.6 Å². The summed E-state index contributed by atoms with van der Waals surface area (Å²) in [5.41, 5.74) is 0.210. The van der Waals surface area contributed by atoms with Crippen LogP contribution in [0.3, 0.4) is 0 Å². The zero-order chi connectivity index (χ0) is 15.7. The van der Waals surface area contributed by atoms with Crippen LogP contribution in [0.5, 0.6) is 0 Å². The van der Waals surface area contributed by atoms with E-state index in [2.05, 4.69) is 13.8 Å². The van der Waals surface area contributed by atoms with Crippen molar-refractivity contribution in [2.24, 2.45) is 5.41 Å². The van der Waals surface area contributed by atoms with Crippen LogP contribution in [0.25, 0.3) is 0 Å². The quantitative estimate of drug-likeness (QED) is 0.553. The van der Waals surface area contributed by atoms with Crippen molar-refractivity contribution in [3.8, 4) is 0 Å². The number of carbonyl (C=O) groups excluding carboxylic acids is 2. The standard InChI is InChI=1S/C19H28O2/c1-4-6-13-18(21)19(3,14-7-5-2)15-17(20)16-11-9-8-10-12-16/h8-12H,4-7,13-15H2,1-3H3/t19-/m0/s1. The SMILES string of the molecule is CCCCC(=O)[C@@](C)(CCCC)CC(=O)c1ccccc1. The Morgan fingerprint density at radius 3 is 2.19 bits per heavy atom. The minimum absolute atomic E-state index is 0.0825. The first-order valence-corrected chi connectivity index (χ1v) is 8.15. The fraction of sp³-hybridized carbons (Fsp3) is 0.579. The third-order valence-corrected chi connectivity index (χ3v) is 4.16. The van der Waals surface area contributed by atoms with E-state index in [1.165, 1.54) is 0 Å². The van der Waals surface area contributed by atoms with Crippen LogP contribution < -0.4 is 0 Å². The zero-order valence-corrected chi connectivity index (χ0v) is 13.7. The van der Waals surface area contributed by atoms with Crippen molar-refractivity contribution in [2.45, 2.75) is 65.7 Å². The highest BCUT2D eigenvalue weighted by molar-refractivity contribution is 6.00. The fourth-order valence-corrected chi connectivity index (χ4v) is 2.61. The Morgan fingerprint density at radius 1 is 1.00 bits per heavy atom. The molecule has 1 aromatic carbocycles. The lowest BCUT2D eigenvalue weighted by molar-refractivity contribution is -0.128. The normalized spacial score (nSPS) is 13.7. The summed E-state index contributed by atoms with van der Waals surface area (Å²) in [6, 6.07) is 9.31. The van der Waals surface area contributed by atoms with E-state index in [-0.39, 0.29) is 11.6 Å². The number of unbranched alkanes of at least 4 members (excludes halogenated alkanes) is 2. The summed E-state index contributed by atoms with van der Waals surface area (Å²) in [6.45, 7) is 6.18. The molecule has 21 heavy (non-hydrogen) atoms. The van der Waals surface area contributed by atoms with E-state index < -0.39 is 5.41 Å². The van der Waals surface area contributed by atoms with Crippen molar-refractivity contribution < 1.29 is 9.59 Å². The number of Topliss-reactive ketones (excluding diaryl/α,β-unsaturated/α-hetero) is 2. The highest BCUT2D eigenvalue weighted by Crippen LogP contribution is 2.33. The van der Waals surface area contributed by atoms with Gasteiger partial charge in [0.15, 0.2) is 5.78 Å². The molecule has 0 N–H and O–H groups in total. The Balaban J connectivity index is 2.81. The van der Waals surface area contributed by atoms with E-state index in [9.17, 15) is 9.59 Å². The molecule has 0 aliphatic rings. The van der Waals surface area contributed by atoms with Crippen molar-refractivity contribution in [2.75, 3.05) is 0 Å². The first-order chi connectivity index (χ1) is 10.0. The third-order valence-electron chi connectivity index (χ3n) is 4.16. The molecule has 0 aliphatic heterocycles. The smallest absolute Gasteiger partial charge is 0.163 e. The van der Waals surface area contributed by atoms with Gasteiger partial charge in [0, 0.05) is 23.8 Å². The third kappa shape index (κ3) is 5.45. The molecule has 1 aromatic rings. The molecule has 0 amide bonds. The summed E-state index contributed by atoms with van der Waals surface area (Å²) < 4.78 is 0. The maximum atomic E-state index is 12.5. The second kappa shape index (κ2) is 8.76. The van der Waals surface area contributed by atoms with Crippen LogP contribution >= 0.6 is 0 Å². The molecule has 1 atom stereocenters. The molecule has 1 rings (SSSR count).